The van der Waals surface area contributed by atoms with Gasteiger partial charge in [-0.15, -0.1) is 0 Å². The van der Waals surface area contributed by atoms with Gasteiger partial charge in [-0.05, 0) is 66.8 Å². The first kappa shape index (κ1) is 27.0. The number of amides is 1. The summed E-state index contributed by atoms with van der Waals surface area (Å²) in [4.78, 5) is 19.7. The van der Waals surface area contributed by atoms with E-state index in [1.165, 1.54) is 16.8 Å². The SMILES string of the molecule is CN1c2ccccc2C(C)(C)C12C=Cc1cc(C(C)(C)C)cc(CNCC(=O)Nc3cccc4cccnc34)c1O2. The van der Waals surface area contributed by atoms with Crippen LogP contribution in [-0.4, -0.2) is 30.2 Å². The van der Waals surface area contributed by atoms with Crippen LogP contribution >= 0.6 is 0 Å². The number of anilines is 2. The van der Waals surface area contributed by atoms with Gasteiger partial charge in [0.05, 0.1) is 23.2 Å². The van der Waals surface area contributed by atoms with Gasteiger partial charge < -0.3 is 20.3 Å². The molecule has 1 aromatic heterocycles. The van der Waals surface area contributed by atoms with Gasteiger partial charge in [-0.25, -0.2) is 0 Å². The third-order valence-electron chi connectivity index (χ3n) is 8.65. The summed E-state index contributed by atoms with van der Waals surface area (Å²) in [5.74, 6) is 0.743. The van der Waals surface area contributed by atoms with Gasteiger partial charge in [0.2, 0.25) is 11.6 Å². The minimum absolute atomic E-state index is 0.0366. The molecule has 1 unspecified atom stereocenters. The highest BCUT2D eigenvalue weighted by atomic mass is 16.5. The van der Waals surface area contributed by atoms with Gasteiger partial charge >= 0.3 is 0 Å². The van der Waals surface area contributed by atoms with E-state index in [4.69, 9.17) is 4.74 Å². The summed E-state index contributed by atoms with van der Waals surface area (Å²) in [5.41, 5.74) is 6.27. The van der Waals surface area contributed by atoms with Gasteiger partial charge in [-0.1, -0.05) is 63.2 Å². The lowest BCUT2D eigenvalue weighted by atomic mass is 9.76. The molecule has 6 nitrogen and oxygen atoms in total. The second kappa shape index (κ2) is 9.74. The lowest BCUT2D eigenvalue weighted by Crippen LogP contribution is -2.58. The Bertz CT molecular complexity index is 1680. The molecule has 0 radical (unpaired) electrons. The van der Waals surface area contributed by atoms with E-state index in [0.29, 0.717) is 12.2 Å². The predicted octanol–water partition coefficient (Wildman–Crippen LogP) is 6.79. The Morgan fingerprint density at radius 2 is 1.80 bits per heavy atom. The molecule has 1 spiro atoms. The Labute approximate surface area is 242 Å². The summed E-state index contributed by atoms with van der Waals surface area (Å²) in [6.45, 7) is 11.8. The lowest BCUT2D eigenvalue weighted by Gasteiger charge is -2.46. The molecule has 2 aliphatic rings. The number of benzene rings is 3. The van der Waals surface area contributed by atoms with Crippen LogP contribution in [0.5, 0.6) is 5.75 Å². The highest BCUT2D eigenvalue weighted by molar-refractivity contribution is 6.00. The zero-order valence-electron chi connectivity index (χ0n) is 24.7. The number of para-hydroxylation sites is 2. The molecule has 0 aliphatic carbocycles. The highest BCUT2D eigenvalue weighted by Crippen LogP contribution is 2.54. The van der Waals surface area contributed by atoms with Gasteiger partial charge in [0.25, 0.3) is 0 Å². The van der Waals surface area contributed by atoms with Crippen LogP contribution in [0.2, 0.25) is 0 Å². The Morgan fingerprint density at radius 1 is 1.02 bits per heavy atom. The van der Waals surface area contributed by atoms with E-state index in [1.54, 1.807) is 6.20 Å². The van der Waals surface area contributed by atoms with Crippen LogP contribution in [-0.2, 0) is 22.2 Å². The molecule has 6 heteroatoms. The molecule has 0 saturated heterocycles. The minimum Gasteiger partial charge on any atom is -0.462 e. The Hall–Kier alpha value is -4.16. The molecule has 0 fully saturated rings. The van der Waals surface area contributed by atoms with Crippen molar-refractivity contribution in [1.82, 2.24) is 10.3 Å². The molecular formula is C35H38N4O2. The number of hydrogen-bond acceptors (Lipinski definition) is 5. The van der Waals surface area contributed by atoms with Crippen molar-refractivity contribution in [3.05, 3.63) is 101 Å². The standard InChI is InChI=1S/C35H38N4O2/c1-33(2,3)26-19-24-16-17-35(34(4,5)27-13-7-8-15-29(27)39(35)6)41-32(24)25(20-26)21-36-22-30(40)38-28-14-9-11-23-12-10-18-37-31(23)28/h7-20,36H,21-22H2,1-6H3,(H,38,40). The van der Waals surface area contributed by atoms with Crippen molar-refractivity contribution in [2.75, 3.05) is 23.8 Å². The molecule has 41 heavy (non-hydrogen) atoms. The monoisotopic (exact) mass is 546 g/mol. The molecule has 4 aromatic rings. The molecule has 3 heterocycles. The number of nitrogens with one attached hydrogen (secondary N) is 2. The Balaban J connectivity index is 1.27. The van der Waals surface area contributed by atoms with Crippen molar-refractivity contribution in [2.24, 2.45) is 0 Å². The topological polar surface area (TPSA) is 66.5 Å². The van der Waals surface area contributed by atoms with E-state index in [-0.39, 0.29) is 23.3 Å². The molecular weight excluding hydrogens is 508 g/mol. The summed E-state index contributed by atoms with van der Waals surface area (Å²) in [6, 6.07) is 22.7. The molecule has 2 aliphatic heterocycles. The molecule has 1 atom stereocenters. The van der Waals surface area contributed by atoms with Crippen molar-refractivity contribution in [3.8, 4) is 5.75 Å². The number of rotatable bonds is 5. The smallest absolute Gasteiger partial charge is 0.238 e. The van der Waals surface area contributed by atoms with Crippen molar-refractivity contribution in [3.63, 3.8) is 0 Å². The van der Waals surface area contributed by atoms with E-state index in [0.717, 1.165) is 27.8 Å². The van der Waals surface area contributed by atoms with Crippen LogP contribution in [0.1, 0.15) is 56.9 Å². The second-order valence-electron chi connectivity index (χ2n) is 12.7. The first-order valence-corrected chi connectivity index (χ1v) is 14.2. The van der Waals surface area contributed by atoms with Crippen LogP contribution in [0.15, 0.2) is 79.0 Å². The quantitative estimate of drug-likeness (QED) is 0.289. The molecule has 2 N–H and O–H groups in total. The molecule has 1 amide bonds. The van der Waals surface area contributed by atoms with Crippen LogP contribution in [0.4, 0.5) is 11.4 Å². The number of hydrogen-bond donors (Lipinski definition) is 2. The van der Waals surface area contributed by atoms with E-state index >= 15 is 0 Å². The normalized spacial score (nSPS) is 18.7. The predicted molar refractivity (Wildman–Crippen MR) is 167 cm³/mol. The summed E-state index contributed by atoms with van der Waals surface area (Å²) in [6.07, 6.45) is 6.16. The summed E-state index contributed by atoms with van der Waals surface area (Å²) >= 11 is 0. The average molecular weight is 547 g/mol. The van der Waals surface area contributed by atoms with Gasteiger partial charge in [0, 0.05) is 42.0 Å². The molecule has 210 valence electrons. The van der Waals surface area contributed by atoms with Crippen LogP contribution in [0, 0.1) is 0 Å². The highest BCUT2D eigenvalue weighted by Gasteiger charge is 2.57. The van der Waals surface area contributed by atoms with Crippen molar-refractivity contribution < 1.29 is 9.53 Å². The molecule has 0 saturated carbocycles. The molecule has 0 bridgehead atoms. The zero-order valence-corrected chi connectivity index (χ0v) is 24.7. The zero-order chi connectivity index (χ0) is 29.0. The largest absolute Gasteiger partial charge is 0.462 e. The molecule has 6 rings (SSSR count). The first-order chi connectivity index (χ1) is 19.5. The number of carbonyl (C=O) groups is 1. The Kier molecular flexibility index (Phi) is 6.42. The van der Waals surface area contributed by atoms with Crippen molar-refractivity contribution in [1.29, 1.82) is 0 Å². The number of ether oxygens (including phenoxy) is 1. The minimum atomic E-state index is -0.666. The first-order valence-electron chi connectivity index (χ1n) is 14.2. The summed E-state index contributed by atoms with van der Waals surface area (Å²) in [7, 11) is 2.11. The number of pyridine rings is 1. The number of fused-ring (bicyclic) bond motifs is 3. The summed E-state index contributed by atoms with van der Waals surface area (Å²) < 4.78 is 7.08. The number of aromatic nitrogens is 1. The maximum Gasteiger partial charge on any atom is 0.238 e. The number of likely N-dealkylation sites (N-methyl/N-ethyl adjacent to an activating group) is 1. The van der Waals surface area contributed by atoms with Crippen LogP contribution in [0.3, 0.4) is 0 Å². The fourth-order valence-electron chi connectivity index (χ4n) is 6.23. The van der Waals surface area contributed by atoms with Gasteiger partial charge in [-0.3, -0.25) is 9.78 Å². The second-order valence-corrected chi connectivity index (χ2v) is 12.7. The fourth-order valence-corrected chi connectivity index (χ4v) is 6.23. The van der Waals surface area contributed by atoms with E-state index < -0.39 is 5.72 Å². The number of carbonyl (C=O) groups excluding carboxylic acids is 1. The number of nitrogens with zero attached hydrogens (tertiary/aromatic N) is 2. The van der Waals surface area contributed by atoms with Crippen LogP contribution < -0.4 is 20.3 Å². The lowest BCUT2D eigenvalue weighted by molar-refractivity contribution is -0.115. The maximum absolute atomic E-state index is 13.0. The van der Waals surface area contributed by atoms with Gasteiger partial charge in [0.15, 0.2) is 0 Å². The third-order valence-corrected chi connectivity index (χ3v) is 8.65. The Morgan fingerprint density at radius 3 is 2.59 bits per heavy atom. The fraction of sp³-hybridized carbons (Fsp3) is 0.314. The van der Waals surface area contributed by atoms with Gasteiger partial charge in [0.1, 0.15) is 5.75 Å². The van der Waals surface area contributed by atoms with Crippen LogP contribution in [0.25, 0.3) is 17.0 Å². The van der Waals surface area contributed by atoms with E-state index in [1.807, 2.05) is 30.3 Å². The average Bonchev–Trinajstić information content (AvgIpc) is 3.11. The van der Waals surface area contributed by atoms with E-state index in [9.17, 15) is 4.79 Å². The molecule has 3 aromatic carbocycles. The maximum atomic E-state index is 13.0. The van der Waals surface area contributed by atoms with Crippen molar-refractivity contribution in [2.45, 2.75) is 57.7 Å². The van der Waals surface area contributed by atoms with Gasteiger partial charge in [-0.2, -0.15) is 0 Å². The van der Waals surface area contributed by atoms with Crippen molar-refractivity contribution >= 4 is 34.3 Å². The third kappa shape index (κ3) is 4.47. The van der Waals surface area contributed by atoms with E-state index in [2.05, 4.69) is 111 Å². The summed E-state index contributed by atoms with van der Waals surface area (Å²) in [5, 5.41) is 7.39.